The molecular weight excluding hydrogens is 717 g/mol. The molecule has 290 valence electrons. The number of aliphatic hydroxyl groups excluding tert-OH is 1. The van der Waals surface area contributed by atoms with Crippen molar-refractivity contribution in [2.75, 3.05) is 50.5 Å². The van der Waals surface area contributed by atoms with Crippen LogP contribution in [0.3, 0.4) is 0 Å². The van der Waals surface area contributed by atoms with Gasteiger partial charge in [0, 0.05) is 44.0 Å². The molecule has 3 amide bonds. The van der Waals surface area contributed by atoms with Gasteiger partial charge in [-0.3, -0.25) is 9.52 Å². The Morgan fingerprint density at radius 2 is 1.72 bits per heavy atom. The fraction of sp³-hybridized carbons (Fsp3) is 0.459. The molecule has 0 aromatic heterocycles. The van der Waals surface area contributed by atoms with Crippen molar-refractivity contribution >= 4 is 33.3 Å². The van der Waals surface area contributed by atoms with E-state index >= 15 is 0 Å². The zero-order chi connectivity index (χ0) is 38.9. The maximum absolute atomic E-state index is 14.4. The average Bonchev–Trinajstić information content (AvgIpc) is 3.12. The van der Waals surface area contributed by atoms with Crippen LogP contribution in [-0.4, -0.2) is 94.0 Å². The molecule has 1 heterocycles. The van der Waals surface area contributed by atoms with E-state index in [1.54, 1.807) is 13.0 Å². The van der Waals surface area contributed by atoms with E-state index in [-0.39, 0.29) is 53.4 Å². The number of urea groups is 1. The molecule has 0 saturated heterocycles. The van der Waals surface area contributed by atoms with Gasteiger partial charge in [-0.2, -0.15) is 13.2 Å². The molecular formula is C37H47F3N4O8S. The van der Waals surface area contributed by atoms with Crippen molar-refractivity contribution in [3.05, 3.63) is 77.9 Å². The molecule has 3 N–H and O–H groups in total. The van der Waals surface area contributed by atoms with Crippen LogP contribution in [0.25, 0.3) is 0 Å². The number of carbonyl (C=O) groups excluding carboxylic acids is 2. The van der Waals surface area contributed by atoms with Gasteiger partial charge in [-0.25, -0.2) is 13.2 Å². The van der Waals surface area contributed by atoms with Gasteiger partial charge in [0.15, 0.2) is 0 Å². The highest BCUT2D eigenvalue weighted by Crippen LogP contribution is 2.31. The maximum atomic E-state index is 14.4. The molecule has 0 fully saturated rings. The number of hydrogen-bond donors (Lipinski definition) is 3. The Morgan fingerprint density at radius 1 is 1.06 bits per heavy atom. The van der Waals surface area contributed by atoms with Crippen LogP contribution in [-0.2, 0) is 20.9 Å². The van der Waals surface area contributed by atoms with Gasteiger partial charge in [0.25, 0.3) is 15.9 Å². The lowest BCUT2D eigenvalue weighted by atomic mass is 10.0. The second kappa shape index (κ2) is 18.0. The number of hydrogen-bond acceptors (Lipinski definition) is 8. The third-order valence-corrected chi connectivity index (χ3v) is 10.3. The zero-order valence-electron chi connectivity index (χ0n) is 30.4. The summed E-state index contributed by atoms with van der Waals surface area (Å²) in [5, 5.41) is 12.8. The third-order valence-electron chi connectivity index (χ3n) is 8.94. The summed E-state index contributed by atoms with van der Waals surface area (Å²) in [5.74, 6) is -0.171. The van der Waals surface area contributed by atoms with Crippen molar-refractivity contribution in [1.29, 1.82) is 0 Å². The Hall–Kier alpha value is -4.54. The van der Waals surface area contributed by atoms with E-state index < -0.39 is 51.8 Å². The first-order valence-electron chi connectivity index (χ1n) is 17.2. The molecule has 3 aromatic rings. The molecule has 0 unspecified atom stereocenters. The molecule has 1 aliphatic rings. The maximum Gasteiger partial charge on any atom is 0.416 e. The molecule has 1 aliphatic heterocycles. The SMILES string of the molecule is COc1ccc(S(=O)(=O)Nc2ccc3c(c2)C(=O)N([C@H](C)CO)C[C@@H](C)[C@H](CN(C)C(=O)Nc2ccc(C(F)(F)F)cc2)OCCCC[C@H](C)O3)cc1. The highest BCUT2D eigenvalue weighted by Gasteiger charge is 2.32. The Kier molecular flexibility index (Phi) is 14.0. The number of ether oxygens (including phenoxy) is 3. The fourth-order valence-corrected chi connectivity index (χ4v) is 6.78. The molecule has 4 atom stereocenters. The van der Waals surface area contributed by atoms with E-state index in [1.807, 2.05) is 13.8 Å². The summed E-state index contributed by atoms with van der Waals surface area (Å²) in [6.45, 7) is 5.52. The minimum Gasteiger partial charge on any atom is -0.497 e. The van der Waals surface area contributed by atoms with Gasteiger partial charge in [0.05, 0.1) is 48.0 Å². The fourth-order valence-electron chi connectivity index (χ4n) is 5.73. The van der Waals surface area contributed by atoms with Crippen LogP contribution in [0.5, 0.6) is 11.5 Å². The number of likely N-dealkylation sites (N-methyl/N-ethyl adjacent to an activating group) is 1. The minimum atomic E-state index is -4.51. The number of nitrogens with one attached hydrogen (secondary N) is 2. The second-order valence-corrected chi connectivity index (χ2v) is 14.9. The van der Waals surface area contributed by atoms with Crippen LogP contribution in [0.1, 0.15) is 56.0 Å². The molecule has 0 saturated carbocycles. The van der Waals surface area contributed by atoms with E-state index in [9.17, 15) is 36.3 Å². The van der Waals surface area contributed by atoms with Gasteiger partial charge >= 0.3 is 12.2 Å². The smallest absolute Gasteiger partial charge is 0.416 e. The topological polar surface area (TPSA) is 147 Å². The molecule has 0 spiro atoms. The minimum absolute atomic E-state index is 0.0111. The molecule has 0 bridgehead atoms. The Morgan fingerprint density at radius 3 is 2.34 bits per heavy atom. The van der Waals surface area contributed by atoms with Gasteiger partial charge in [-0.1, -0.05) is 6.92 Å². The van der Waals surface area contributed by atoms with Crippen LogP contribution in [0, 0.1) is 5.92 Å². The predicted octanol–water partition coefficient (Wildman–Crippen LogP) is 6.47. The van der Waals surface area contributed by atoms with Crippen molar-refractivity contribution < 1.29 is 50.5 Å². The van der Waals surface area contributed by atoms with Crippen molar-refractivity contribution in [3.63, 3.8) is 0 Å². The lowest BCUT2D eigenvalue weighted by Crippen LogP contribution is -2.48. The largest absolute Gasteiger partial charge is 0.497 e. The predicted molar refractivity (Wildman–Crippen MR) is 194 cm³/mol. The number of nitrogens with zero attached hydrogens (tertiary/aromatic N) is 2. The summed E-state index contributed by atoms with van der Waals surface area (Å²) >= 11 is 0. The number of aliphatic hydroxyl groups is 1. The van der Waals surface area contributed by atoms with Crippen molar-refractivity contribution in [2.24, 2.45) is 5.92 Å². The highest BCUT2D eigenvalue weighted by atomic mass is 32.2. The molecule has 0 aliphatic carbocycles. The number of amides is 3. The first-order valence-corrected chi connectivity index (χ1v) is 18.7. The highest BCUT2D eigenvalue weighted by molar-refractivity contribution is 7.92. The summed E-state index contributed by atoms with van der Waals surface area (Å²) in [7, 11) is -1.05. The van der Waals surface area contributed by atoms with E-state index in [0.717, 1.165) is 18.6 Å². The number of benzene rings is 3. The van der Waals surface area contributed by atoms with E-state index in [4.69, 9.17) is 14.2 Å². The summed E-state index contributed by atoms with van der Waals surface area (Å²) < 4.78 is 85.7. The van der Waals surface area contributed by atoms with Crippen LogP contribution < -0.4 is 19.5 Å². The Balaban J connectivity index is 1.59. The summed E-state index contributed by atoms with van der Waals surface area (Å²) in [6, 6.07) is 13.2. The lowest BCUT2D eigenvalue weighted by Gasteiger charge is -2.35. The number of halogens is 3. The zero-order valence-corrected chi connectivity index (χ0v) is 31.2. The van der Waals surface area contributed by atoms with Gasteiger partial charge in [0.2, 0.25) is 0 Å². The van der Waals surface area contributed by atoms with Gasteiger partial charge in [-0.15, -0.1) is 0 Å². The number of methoxy groups -OCH3 is 1. The lowest BCUT2D eigenvalue weighted by molar-refractivity contribution is -0.137. The molecule has 12 nitrogen and oxygen atoms in total. The first-order chi connectivity index (χ1) is 25.0. The average molecular weight is 765 g/mol. The normalized spacial score (nSPS) is 19.6. The van der Waals surface area contributed by atoms with Crippen LogP contribution >= 0.6 is 0 Å². The van der Waals surface area contributed by atoms with Crippen LogP contribution in [0.4, 0.5) is 29.3 Å². The standard InChI is InChI=1S/C37H47F3N4O8S/c1-24-21-44(25(2)23-45)35(46)32-20-29(42-53(48,49)31-16-14-30(50-5)15-17-31)13-18-33(32)52-26(3)8-6-7-19-51-34(24)22-43(4)36(47)41-28-11-9-27(10-12-28)37(38,39)40/h9-18,20,24-26,34,42,45H,6-8,19,21-23H2,1-5H3,(H,41,47)/t24-,25-,26+,34+/m1/s1. The molecule has 4 rings (SSSR count). The number of fused-ring (bicyclic) bond motifs is 1. The van der Waals surface area contributed by atoms with Crippen LogP contribution in [0.2, 0.25) is 0 Å². The van der Waals surface area contributed by atoms with Gasteiger partial charge < -0.3 is 34.4 Å². The quantitative estimate of drug-likeness (QED) is 0.225. The number of rotatable bonds is 9. The number of alkyl halides is 3. The van der Waals surface area contributed by atoms with Crippen LogP contribution in [0.15, 0.2) is 71.6 Å². The van der Waals surface area contributed by atoms with Crippen molar-refractivity contribution in [2.45, 2.75) is 69.4 Å². The summed E-state index contributed by atoms with van der Waals surface area (Å²) in [6.07, 6.45) is -3.39. The summed E-state index contributed by atoms with van der Waals surface area (Å²) in [4.78, 5) is 30.3. The number of carbonyl (C=O) groups is 2. The molecule has 3 aromatic carbocycles. The Bertz CT molecular complexity index is 1790. The second-order valence-electron chi connectivity index (χ2n) is 13.2. The molecule has 53 heavy (non-hydrogen) atoms. The first kappa shape index (κ1) is 41.2. The van der Waals surface area contributed by atoms with Crippen molar-refractivity contribution in [1.82, 2.24) is 9.80 Å². The van der Waals surface area contributed by atoms with E-state index in [2.05, 4.69) is 10.0 Å². The number of sulfonamides is 1. The van der Waals surface area contributed by atoms with Crippen molar-refractivity contribution in [3.8, 4) is 11.5 Å². The van der Waals surface area contributed by atoms with E-state index in [0.29, 0.717) is 25.2 Å². The summed E-state index contributed by atoms with van der Waals surface area (Å²) in [5.41, 5.74) is -0.445. The van der Waals surface area contributed by atoms with Gasteiger partial charge in [0.1, 0.15) is 11.5 Å². The monoisotopic (exact) mass is 764 g/mol. The Labute approximate surface area is 308 Å². The van der Waals surface area contributed by atoms with E-state index in [1.165, 1.54) is 72.5 Å². The molecule has 16 heteroatoms. The molecule has 0 radical (unpaired) electrons. The third kappa shape index (κ3) is 11.2. The number of anilines is 2. The van der Waals surface area contributed by atoms with Gasteiger partial charge in [-0.05, 0) is 99.8 Å².